The number of rotatable bonds is 4. The highest BCUT2D eigenvalue weighted by Gasteiger charge is 2.21. The number of anilines is 1. The van der Waals surface area contributed by atoms with Crippen LogP contribution in [-0.2, 0) is 10.0 Å². The Morgan fingerprint density at radius 3 is 2.38 bits per heavy atom. The maximum Gasteiger partial charge on any atom is 0.241 e. The summed E-state index contributed by atoms with van der Waals surface area (Å²) in [4.78, 5) is 0.198. The fourth-order valence-corrected chi connectivity index (χ4v) is 3.67. The SMILES string of the molecule is Cc1c(N)cccc1S(=O)(=O)NC(C)c1ccc(Cl)cc1. The zero-order valence-corrected chi connectivity index (χ0v) is 13.4. The Hall–Kier alpha value is -1.56. The molecule has 0 amide bonds. The lowest BCUT2D eigenvalue weighted by Gasteiger charge is -2.16. The Morgan fingerprint density at radius 1 is 1.14 bits per heavy atom. The van der Waals surface area contributed by atoms with E-state index in [-0.39, 0.29) is 10.9 Å². The zero-order valence-electron chi connectivity index (χ0n) is 11.8. The molecule has 0 aliphatic rings. The Labute approximate surface area is 130 Å². The van der Waals surface area contributed by atoms with Gasteiger partial charge in [0, 0.05) is 16.8 Å². The van der Waals surface area contributed by atoms with Crippen LogP contribution in [0.5, 0.6) is 0 Å². The van der Waals surface area contributed by atoms with Crippen LogP contribution in [0.2, 0.25) is 5.02 Å². The molecule has 1 atom stereocenters. The van der Waals surface area contributed by atoms with Gasteiger partial charge in [0.2, 0.25) is 10.0 Å². The molecule has 0 aliphatic heterocycles. The third-order valence-corrected chi connectivity index (χ3v) is 5.25. The number of nitrogen functional groups attached to an aromatic ring is 1. The molecule has 3 N–H and O–H groups in total. The van der Waals surface area contributed by atoms with Crippen molar-refractivity contribution in [2.45, 2.75) is 24.8 Å². The van der Waals surface area contributed by atoms with Crippen molar-refractivity contribution >= 4 is 27.3 Å². The summed E-state index contributed by atoms with van der Waals surface area (Å²) in [6.45, 7) is 3.47. The van der Waals surface area contributed by atoms with Crippen LogP contribution in [-0.4, -0.2) is 8.42 Å². The molecule has 0 spiro atoms. The molecule has 2 aromatic rings. The first kappa shape index (κ1) is 15.8. The quantitative estimate of drug-likeness (QED) is 0.848. The summed E-state index contributed by atoms with van der Waals surface area (Å²) in [7, 11) is -3.63. The number of halogens is 1. The lowest BCUT2D eigenvalue weighted by atomic mass is 10.1. The van der Waals surface area contributed by atoms with Crippen molar-refractivity contribution < 1.29 is 8.42 Å². The van der Waals surface area contributed by atoms with Gasteiger partial charge in [-0.2, -0.15) is 0 Å². The number of hydrogen-bond donors (Lipinski definition) is 2. The predicted molar refractivity (Wildman–Crippen MR) is 85.8 cm³/mol. The molecule has 1 unspecified atom stereocenters. The summed E-state index contributed by atoms with van der Waals surface area (Å²) >= 11 is 5.83. The van der Waals surface area contributed by atoms with Gasteiger partial charge in [-0.05, 0) is 49.2 Å². The summed E-state index contributed by atoms with van der Waals surface area (Å²) < 4.78 is 27.6. The van der Waals surface area contributed by atoms with Crippen molar-refractivity contribution in [3.63, 3.8) is 0 Å². The minimum absolute atomic E-state index is 0.198. The van der Waals surface area contributed by atoms with E-state index in [2.05, 4.69) is 4.72 Å². The second-order valence-electron chi connectivity index (χ2n) is 4.86. The number of nitrogens with one attached hydrogen (secondary N) is 1. The van der Waals surface area contributed by atoms with Gasteiger partial charge in [-0.15, -0.1) is 0 Å². The summed E-state index contributed by atoms with van der Waals surface area (Å²) in [5.41, 5.74) is 7.61. The highest BCUT2D eigenvalue weighted by atomic mass is 35.5. The number of sulfonamides is 1. The summed E-state index contributed by atoms with van der Waals surface area (Å²) in [6.07, 6.45) is 0. The molecule has 4 nitrogen and oxygen atoms in total. The van der Waals surface area contributed by atoms with Gasteiger partial charge in [0.25, 0.3) is 0 Å². The van der Waals surface area contributed by atoms with Crippen LogP contribution >= 0.6 is 11.6 Å². The van der Waals surface area contributed by atoms with Crippen LogP contribution in [0.4, 0.5) is 5.69 Å². The maximum atomic E-state index is 12.5. The van der Waals surface area contributed by atoms with Crippen molar-refractivity contribution in [2.24, 2.45) is 0 Å². The minimum atomic E-state index is -3.63. The third-order valence-electron chi connectivity index (χ3n) is 3.32. The van der Waals surface area contributed by atoms with E-state index >= 15 is 0 Å². The average Bonchev–Trinajstić information content (AvgIpc) is 2.41. The topological polar surface area (TPSA) is 72.2 Å². The van der Waals surface area contributed by atoms with Crippen molar-refractivity contribution in [1.29, 1.82) is 0 Å². The van der Waals surface area contributed by atoms with E-state index in [0.29, 0.717) is 16.3 Å². The monoisotopic (exact) mass is 324 g/mol. The lowest BCUT2D eigenvalue weighted by Crippen LogP contribution is -2.27. The maximum absolute atomic E-state index is 12.5. The van der Waals surface area contributed by atoms with E-state index in [1.165, 1.54) is 0 Å². The van der Waals surface area contributed by atoms with Crippen molar-refractivity contribution in [3.05, 3.63) is 58.6 Å². The fraction of sp³-hybridized carbons (Fsp3) is 0.200. The second-order valence-corrected chi connectivity index (χ2v) is 6.98. The van der Waals surface area contributed by atoms with Gasteiger partial charge in [-0.1, -0.05) is 29.8 Å². The molecule has 2 aromatic carbocycles. The van der Waals surface area contributed by atoms with Gasteiger partial charge in [-0.3, -0.25) is 0 Å². The van der Waals surface area contributed by atoms with Gasteiger partial charge in [0.1, 0.15) is 0 Å². The molecular formula is C15H17ClN2O2S. The summed E-state index contributed by atoms with van der Waals surface area (Å²) in [6, 6.07) is 11.5. The van der Waals surface area contributed by atoms with Gasteiger partial charge >= 0.3 is 0 Å². The standard InChI is InChI=1S/C15H17ClN2O2S/c1-10-14(17)4-3-5-15(10)21(19,20)18-11(2)12-6-8-13(16)9-7-12/h3-9,11,18H,17H2,1-2H3. The smallest absolute Gasteiger partial charge is 0.241 e. The van der Waals surface area contributed by atoms with Gasteiger partial charge < -0.3 is 5.73 Å². The van der Waals surface area contributed by atoms with Crippen LogP contribution in [0, 0.1) is 6.92 Å². The van der Waals surface area contributed by atoms with E-state index < -0.39 is 10.0 Å². The molecule has 0 heterocycles. The van der Waals surface area contributed by atoms with Gasteiger partial charge in [0.05, 0.1) is 4.90 Å². The van der Waals surface area contributed by atoms with E-state index in [1.807, 2.05) is 0 Å². The normalized spacial score (nSPS) is 13.1. The number of benzene rings is 2. The largest absolute Gasteiger partial charge is 0.398 e. The molecule has 0 radical (unpaired) electrons. The average molecular weight is 325 g/mol. The van der Waals surface area contributed by atoms with Crippen molar-refractivity contribution in [1.82, 2.24) is 4.72 Å². The van der Waals surface area contributed by atoms with Crippen LogP contribution < -0.4 is 10.5 Å². The molecule has 0 saturated carbocycles. The molecule has 0 aliphatic carbocycles. The molecule has 2 rings (SSSR count). The molecule has 0 aromatic heterocycles. The Kier molecular flexibility index (Phi) is 4.56. The van der Waals surface area contributed by atoms with Crippen molar-refractivity contribution in [3.8, 4) is 0 Å². The second kappa shape index (κ2) is 6.05. The van der Waals surface area contributed by atoms with E-state index in [4.69, 9.17) is 17.3 Å². The van der Waals surface area contributed by atoms with E-state index in [9.17, 15) is 8.42 Å². The van der Waals surface area contributed by atoms with Gasteiger partial charge in [-0.25, -0.2) is 13.1 Å². The number of hydrogen-bond acceptors (Lipinski definition) is 3. The molecular weight excluding hydrogens is 308 g/mol. The first-order chi connectivity index (χ1) is 9.81. The Balaban J connectivity index is 2.29. The summed E-state index contributed by atoms with van der Waals surface area (Å²) in [5, 5.41) is 0.612. The van der Waals surface area contributed by atoms with Crippen LogP contribution in [0.15, 0.2) is 47.4 Å². The Morgan fingerprint density at radius 2 is 1.76 bits per heavy atom. The van der Waals surface area contributed by atoms with Crippen molar-refractivity contribution in [2.75, 3.05) is 5.73 Å². The number of nitrogens with two attached hydrogens (primary N) is 1. The van der Waals surface area contributed by atoms with Crippen LogP contribution in [0.25, 0.3) is 0 Å². The molecule has 112 valence electrons. The molecule has 0 saturated heterocycles. The third kappa shape index (κ3) is 3.56. The molecule has 21 heavy (non-hydrogen) atoms. The van der Waals surface area contributed by atoms with Gasteiger partial charge in [0.15, 0.2) is 0 Å². The van der Waals surface area contributed by atoms with E-state index in [1.54, 1.807) is 56.3 Å². The summed E-state index contributed by atoms with van der Waals surface area (Å²) in [5.74, 6) is 0. The predicted octanol–water partition coefficient (Wildman–Crippen LogP) is 3.27. The Bertz CT molecular complexity index is 743. The highest BCUT2D eigenvalue weighted by Crippen LogP contribution is 2.23. The lowest BCUT2D eigenvalue weighted by molar-refractivity contribution is 0.566. The first-order valence-corrected chi connectivity index (χ1v) is 8.30. The minimum Gasteiger partial charge on any atom is -0.398 e. The van der Waals surface area contributed by atoms with E-state index in [0.717, 1.165) is 5.56 Å². The fourth-order valence-electron chi connectivity index (χ4n) is 2.04. The van der Waals surface area contributed by atoms with Crippen LogP contribution in [0.1, 0.15) is 24.1 Å². The van der Waals surface area contributed by atoms with Crippen LogP contribution in [0.3, 0.4) is 0 Å². The molecule has 6 heteroatoms. The molecule has 0 fully saturated rings. The molecule has 0 bridgehead atoms. The first-order valence-electron chi connectivity index (χ1n) is 6.44. The highest BCUT2D eigenvalue weighted by molar-refractivity contribution is 7.89. The zero-order chi connectivity index (χ0) is 15.6.